The number of esters is 1. The molecule has 0 aliphatic heterocycles. The van der Waals surface area contributed by atoms with Gasteiger partial charge in [-0.2, -0.15) is 0 Å². The van der Waals surface area contributed by atoms with Crippen molar-refractivity contribution in [3.05, 3.63) is 107 Å². The van der Waals surface area contributed by atoms with E-state index in [9.17, 15) is 9.18 Å². The van der Waals surface area contributed by atoms with Crippen LogP contribution in [0.15, 0.2) is 78.9 Å². The standard InChI is InChI=1S/C27H30FNO2/c1-27(2,3)23-13-9-21(10-14-23)18-29-25(17-20-11-15-24(28)16-12-20)26(30)31-19-22-7-5-4-6-8-22/h4-16,25,29H,17-19H2,1-3H3/t25-/m0/s1. The highest BCUT2D eigenvalue weighted by Crippen LogP contribution is 2.22. The Morgan fingerprint density at radius 2 is 1.48 bits per heavy atom. The van der Waals surface area contributed by atoms with Gasteiger partial charge >= 0.3 is 5.97 Å². The number of rotatable bonds is 8. The van der Waals surface area contributed by atoms with Gasteiger partial charge < -0.3 is 10.1 Å². The van der Waals surface area contributed by atoms with Gasteiger partial charge in [0.2, 0.25) is 0 Å². The zero-order valence-corrected chi connectivity index (χ0v) is 18.4. The second-order valence-corrected chi connectivity index (χ2v) is 8.80. The second-order valence-electron chi connectivity index (χ2n) is 8.80. The first-order valence-corrected chi connectivity index (χ1v) is 10.6. The molecule has 0 aromatic heterocycles. The van der Waals surface area contributed by atoms with E-state index in [-0.39, 0.29) is 23.8 Å². The maximum Gasteiger partial charge on any atom is 0.323 e. The van der Waals surface area contributed by atoms with Crippen LogP contribution in [0.3, 0.4) is 0 Å². The number of carbonyl (C=O) groups excluding carboxylic acids is 1. The molecule has 0 aliphatic carbocycles. The van der Waals surface area contributed by atoms with Crippen molar-refractivity contribution in [3.63, 3.8) is 0 Å². The molecule has 0 fully saturated rings. The largest absolute Gasteiger partial charge is 0.460 e. The first-order chi connectivity index (χ1) is 14.8. The van der Waals surface area contributed by atoms with Crippen LogP contribution in [-0.4, -0.2) is 12.0 Å². The average Bonchev–Trinajstić information content (AvgIpc) is 2.76. The minimum absolute atomic E-state index is 0.0956. The quantitative estimate of drug-likeness (QED) is 0.485. The first kappa shape index (κ1) is 22.7. The van der Waals surface area contributed by atoms with Crippen LogP contribution in [-0.2, 0) is 34.5 Å². The highest BCUT2D eigenvalue weighted by atomic mass is 19.1. The fourth-order valence-corrected chi connectivity index (χ4v) is 3.29. The van der Waals surface area contributed by atoms with Crippen molar-refractivity contribution >= 4 is 5.97 Å². The fraction of sp³-hybridized carbons (Fsp3) is 0.296. The van der Waals surface area contributed by atoms with Crippen molar-refractivity contribution in [2.75, 3.05) is 0 Å². The van der Waals surface area contributed by atoms with E-state index < -0.39 is 6.04 Å². The molecule has 1 atom stereocenters. The molecular weight excluding hydrogens is 389 g/mol. The smallest absolute Gasteiger partial charge is 0.323 e. The zero-order chi connectivity index (χ0) is 22.3. The molecule has 0 amide bonds. The Morgan fingerprint density at radius 3 is 2.10 bits per heavy atom. The molecule has 0 radical (unpaired) electrons. The van der Waals surface area contributed by atoms with Crippen LogP contribution in [0.5, 0.6) is 0 Å². The van der Waals surface area contributed by atoms with Crippen LogP contribution in [0, 0.1) is 5.82 Å². The number of hydrogen-bond donors (Lipinski definition) is 1. The summed E-state index contributed by atoms with van der Waals surface area (Å²) >= 11 is 0. The Hall–Kier alpha value is -2.98. The molecule has 0 unspecified atom stereocenters. The summed E-state index contributed by atoms with van der Waals surface area (Å²) in [7, 11) is 0. The Kier molecular flexibility index (Phi) is 7.59. The van der Waals surface area contributed by atoms with Gasteiger partial charge in [-0.1, -0.05) is 87.5 Å². The summed E-state index contributed by atoms with van der Waals surface area (Å²) < 4.78 is 18.8. The Balaban J connectivity index is 1.67. The van der Waals surface area contributed by atoms with Crippen LogP contribution in [0.25, 0.3) is 0 Å². The minimum Gasteiger partial charge on any atom is -0.460 e. The van der Waals surface area contributed by atoms with Gasteiger partial charge in [-0.05, 0) is 46.2 Å². The predicted molar refractivity (Wildman–Crippen MR) is 122 cm³/mol. The highest BCUT2D eigenvalue weighted by Gasteiger charge is 2.21. The molecule has 3 aromatic carbocycles. The molecule has 162 valence electrons. The average molecular weight is 420 g/mol. The molecule has 4 heteroatoms. The van der Waals surface area contributed by atoms with Gasteiger partial charge in [0.25, 0.3) is 0 Å². The third kappa shape index (κ3) is 7.04. The van der Waals surface area contributed by atoms with Gasteiger partial charge in [-0.3, -0.25) is 4.79 Å². The van der Waals surface area contributed by atoms with E-state index >= 15 is 0 Å². The molecular formula is C27H30FNO2. The molecule has 0 spiro atoms. The molecule has 31 heavy (non-hydrogen) atoms. The highest BCUT2D eigenvalue weighted by molar-refractivity contribution is 5.76. The van der Waals surface area contributed by atoms with Gasteiger partial charge in [0.1, 0.15) is 18.5 Å². The van der Waals surface area contributed by atoms with Crippen molar-refractivity contribution in [2.45, 2.75) is 51.8 Å². The van der Waals surface area contributed by atoms with Crippen molar-refractivity contribution in [1.29, 1.82) is 0 Å². The number of halogens is 1. The van der Waals surface area contributed by atoms with E-state index in [4.69, 9.17) is 4.74 Å². The van der Waals surface area contributed by atoms with Crippen LogP contribution in [0.4, 0.5) is 4.39 Å². The summed E-state index contributed by atoms with van der Waals surface area (Å²) in [6.07, 6.45) is 0.425. The van der Waals surface area contributed by atoms with Gasteiger partial charge in [-0.15, -0.1) is 0 Å². The Bertz CT molecular complexity index is 961. The first-order valence-electron chi connectivity index (χ1n) is 10.6. The lowest BCUT2D eigenvalue weighted by molar-refractivity contribution is -0.147. The summed E-state index contributed by atoms with van der Waals surface area (Å²) in [5.41, 5.74) is 4.26. The van der Waals surface area contributed by atoms with Gasteiger partial charge in [0, 0.05) is 6.54 Å². The summed E-state index contributed by atoms with van der Waals surface area (Å²) in [4.78, 5) is 12.8. The van der Waals surface area contributed by atoms with E-state index in [0.717, 1.165) is 16.7 Å². The van der Waals surface area contributed by atoms with Crippen molar-refractivity contribution in [1.82, 2.24) is 5.32 Å². The topological polar surface area (TPSA) is 38.3 Å². The third-order valence-corrected chi connectivity index (χ3v) is 5.23. The van der Waals surface area contributed by atoms with Crippen LogP contribution >= 0.6 is 0 Å². The molecule has 0 heterocycles. The maximum atomic E-state index is 13.3. The van der Waals surface area contributed by atoms with E-state index in [1.807, 2.05) is 30.3 Å². The van der Waals surface area contributed by atoms with Gasteiger partial charge in [-0.25, -0.2) is 4.39 Å². The number of ether oxygens (including phenoxy) is 1. The summed E-state index contributed by atoms with van der Waals surface area (Å²) in [5.74, 6) is -0.613. The maximum absolute atomic E-state index is 13.3. The zero-order valence-electron chi connectivity index (χ0n) is 18.4. The van der Waals surface area contributed by atoms with Crippen molar-refractivity contribution < 1.29 is 13.9 Å². The molecule has 3 rings (SSSR count). The van der Waals surface area contributed by atoms with E-state index in [1.54, 1.807) is 12.1 Å². The van der Waals surface area contributed by atoms with Gasteiger partial charge in [0.05, 0.1) is 0 Å². The lowest BCUT2D eigenvalue weighted by Crippen LogP contribution is -2.39. The fourth-order valence-electron chi connectivity index (χ4n) is 3.29. The molecule has 3 aromatic rings. The number of benzene rings is 3. The molecule has 0 aliphatic rings. The molecule has 1 N–H and O–H groups in total. The SMILES string of the molecule is CC(C)(C)c1ccc(CN[C@@H](Cc2ccc(F)cc2)C(=O)OCc2ccccc2)cc1. The lowest BCUT2D eigenvalue weighted by atomic mass is 9.87. The van der Waals surface area contributed by atoms with Crippen LogP contribution in [0.1, 0.15) is 43.0 Å². The monoisotopic (exact) mass is 419 g/mol. The summed E-state index contributed by atoms with van der Waals surface area (Å²) in [6.45, 7) is 7.31. The second kappa shape index (κ2) is 10.4. The van der Waals surface area contributed by atoms with Crippen LogP contribution in [0.2, 0.25) is 0 Å². The molecule has 0 bridgehead atoms. The van der Waals surface area contributed by atoms with Crippen molar-refractivity contribution in [2.24, 2.45) is 0 Å². The Labute approximate surface area is 184 Å². The molecule has 3 nitrogen and oxygen atoms in total. The lowest BCUT2D eigenvalue weighted by Gasteiger charge is -2.20. The van der Waals surface area contributed by atoms with E-state index in [1.165, 1.54) is 17.7 Å². The minimum atomic E-state index is -0.531. The number of nitrogens with one attached hydrogen (secondary N) is 1. The van der Waals surface area contributed by atoms with Gasteiger partial charge in [0.15, 0.2) is 0 Å². The molecule has 0 saturated carbocycles. The van der Waals surface area contributed by atoms with E-state index in [2.05, 4.69) is 50.4 Å². The van der Waals surface area contributed by atoms with E-state index in [0.29, 0.717) is 13.0 Å². The summed E-state index contributed by atoms with van der Waals surface area (Å²) in [6, 6.07) is 23.7. The normalized spacial score (nSPS) is 12.4. The number of hydrogen-bond acceptors (Lipinski definition) is 3. The summed E-state index contributed by atoms with van der Waals surface area (Å²) in [5, 5.41) is 3.33. The molecule has 0 saturated heterocycles. The number of carbonyl (C=O) groups is 1. The Morgan fingerprint density at radius 1 is 0.871 bits per heavy atom. The predicted octanol–water partition coefficient (Wildman–Crippen LogP) is 5.57. The van der Waals surface area contributed by atoms with Crippen LogP contribution < -0.4 is 5.32 Å². The van der Waals surface area contributed by atoms with Crippen molar-refractivity contribution in [3.8, 4) is 0 Å². The third-order valence-electron chi connectivity index (χ3n) is 5.23.